The van der Waals surface area contributed by atoms with E-state index >= 15 is 0 Å². The summed E-state index contributed by atoms with van der Waals surface area (Å²) in [6, 6.07) is 4.04. The van der Waals surface area contributed by atoms with Crippen LogP contribution in [0.1, 0.15) is 23.1 Å². The fourth-order valence-electron chi connectivity index (χ4n) is 1.75. The zero-order valence-electron chi connectivity index (χ0n) is 7.56. The molecular formula is C11H10F3. The normalized spacial score (nSPS) is 16.5. The number of hydrogen-bond donors (Lipinski definition) is 0. The quantitative estimate of drug-likeness (QED) is 0.600. The van der Waals surface area contributed by atoms with E-state index in [1.54, 1.807) is 6.07 Å². The third-order valence-corrected chi connectivity index (χ3v) is 2.52. The molecule has 0 atom stereocenters. The minimum absolute atomic E-state index is 0.529. The van der Waals surface area contributed by atoms with Crippen molar-refractivity contribution in [3.05, 3.63) is 41.3 Å². The molecule has 0 amide bonds. The minimum Gasteiger partial charge on any atom is -0.166 e. The van der Waals surface area contributed by atoms with Gasteiger partial charge in [-0.3, -0.25) is 0 Å². The van der Waals surface area contributed by atoms with E-state index in [0.29, 0.717) is 0 Å². The summed E-state index contributed by atoms with van der Waals surface area (Å²) in [7, 11) is 0. The average Bonchev–Trinajstić information content (AvgIpc) is 2.16. The molecule has 1 aromatic carbocycles. The number of rotatable bonds is 0. The second-order valence-electron chi connectivity index (χ2n) is 3.51. The molecule has 0 saturated heterocycles. The van der Waals surface area contributed by atoms with E-state index in [0.717, 1.165) is 36.5 Å². The van der Waals surface area contributed by atoms with Crippen LogP contribution in [0.25, 0.3) is 0 Å². The molecule has 0 aliphatic heterocycles. The smallest absolute Gasteiger partial charge is 0.166 e. The van der Waals surface area contributed by atoms with Crippen molar-refractivity contribution in [2.75, 3.05) is 0 Å². The molecule has 14 heavy (non-hydrogen) atoms. The predicted octanol–water partition coefficient (Wildman–Crippen LogP) is 3.40. The number of alkyl halides is 3. The van der Waals surface area contributed by atoms with Crippen LogP contribution in [0.4, 0.5) is 13.2 Å². The van der Waals surface area contributed by atoms with Crippen molar-refractivity contribution in [3.8, 4) is 0 Å². The van der Waals surface area contributed by atoms with Gasteiger partial charge in [-0.2, -0.15) is 13.2 Å². The van der Waals surface area contributed by atoms with Crippen LogP contribution in [0, 0.1) is 6.42 Å². The van der Waals surface area contributed by atoms with E-state index in [2.05, 4.69) is 6.42 Å². The van der Waals surface area contributed by atoms with Gasteiger partial charge in [0.05, 0.1) is 5.56 Å². The van der Waals surface area contributed by atoms with Gasteiger partial charge in [-0.25, -0.2) is 0 Å². The Morgan fingerprint density at radius 3 is 2.57 bits per heavy atom. The van der Waals surface area contributed by atoms with Crippen LogP contribution in [0.3, 0.4) is 0 Å². The Morgan fingerprint density at radius 2 is 1.86 bits per heavy atom. The fourth-order valence-corrected chi connectivity index (χ4v) is 1.75. The second-order valence-corrected chi connectivity index (χ2v) is 3.51. The van der Waals surface area contributed by atoms with Crippen molar-refractivity contribution in [2.45, 2.75) is 25.4 Å². The predicted molar refractivity (Wildman–Crippen MR) is 47.8 cm³/mol. The molecule has 0 spiro atoms. The van der Waals surface area contributed by atoms with Crippen molar-refractivity contribution < 1.29 is 13.2 Å². The van der Waals surface area contributed by atoms with E-state index in [-0.39, 0.29) is 0 Å². The number of hydrogen-bond acceptors (Lipinski definition) is 0. The van der Waals surface area contributed by atoms with Gasteiger partial charge in [0.1, 0.15) is 0 Å². The van der Waals surface area contributed by atoms with E-state index < -0.39 is 11.7 Å². The first-order valence-corrected chi connectivity index (χ1v) is 4.58. The first-order chi connectivity index (χ1) is 6.57. The molecule has 0 nitrogen and oxygen atoms in total. The zero-order valence-corrected chi connectivity index (χ0v) is 7.56. The Morgan fingerprint density at radius 1 is 1.07 bits per heavy atom. The van der Waals surface area contributed by atoms with Gasteiger partial charge < -0.3 is 0 Å². The molecule has 3 heteroatoms. The van der Waals surface area contributed by atoms with Crippen LogP contribution >= 0.6 is 0 Å². The highest BCUT2D eigenvalue weighted by Crippen LogP contribution is 2.32. The SMILES string of the molecule is FC(F)(F)c1ccc2c(c1)CC[CH]C2. The van der Waals surface area contributed by atoms with E-state index in [1.165, 1.54) is 6.07 Å². The largest absolute Gasteiger partial charge is 0.416 e. The summed E-state index contributed by atoms with van der Waals surface area (Å²) in [5.74, 6) is 0. The lowest BCUT2D eigenvalue weighted by Gasteiger charge is -2.17. The summed E-state index contributed by atoms with van der Waals surface area (Å²) < 4.78 is 37.1. The molecule has 75 valence electrons. The Kier molecular flexibility index (Phi) is 2.25. The van der Waals surface area contributed by atoms with Gasteiger partial charge in [-0.15, -0.1) is 0 Å². The summed E-state index contributed by atoms with van der Waals surface area (Å²) in [5.41, 5.74) is 1.35. The van der Waals surface area contributed by atoms with Gasteiger partial charge in [-0.05, 0) is 48.9 Å². The van der Waals surface area contributed by atoms with Crippen molar-refractivity contribution in [1.29, 1.82) is 0 Å². The van der Waals surface area contributed by atoms with Gasteiger partial charge in [-0.1, -0.05) is 6.07 Å². The molecule has 0 saturated carbocycles. The Labute approximate surface area is 80.7 Å². The highest BCUT2D eigenvalue weighted by Gasteiger charge is 2.31. The van der Waals surface area contributed by atoms with Crippen LogP contribution in [-0.4, -0.2) is 0 Å². The average molecular weight is 199 g/mol. The number of aryl methyl sites for hydroxylation is 1. The molecule has 1 aliphatic carbocycles. The van der Waals surface area contributed by atoms with Gasteiger partial charge in [0.25, 0.3) is 0 Å². The standard InChI is InChI=1S/C11H10F3/c12-11(13,14)10-6-5-8-3-1-2-4-9(8)7-10/h1,5-7H,2-4H2. The molecule has 1 aliphatic rings. The second kappa shape index (κ2) is 3.30. The van der Waals surface area contributed by atoms with Crippen LogP contribution in [0.15, 0.2) is 18.2 Å². The van der Waals surface area contributed by atoms with Crippen molar-refractivity contribution >= 4 is 0 Å². The zero-order chi connectivity index (χ0) is 10.2. The number of fused-ring (bicyclic) bond motifs is 1. The third kappa shape index (κ3) is 1.76. The van der Waals surface area contributed by atoms with E-state index in [4.69, 9.17) is 0 Å². The van der Waals surface area contributed by atoms with Crippen LogP contribution < -0.4 is 0 Å². The Bertz CT molecular complexity index is 339. The van der Waals surface area contributed by atoms with Gasteiger partial charge in [0.2, 0.25) is 0 Å². The lowest BCUT2D eigenvalue weighted by atomic mass is 9.90. The van der Waals surface area contributed by atoms with Gasteiger partial charge in [0, 0.05) is 0 Å². The lowest BCUT2D eigenvalue weighted by Crippen LogP contribution is -2.09. The van der Waals surface area contributed by atoms with E-state index in [1.807, 2.05) is 0 Å². The van der Waals surface area contributed by atoms with Crippen molar-refractivity contribution in [1.82, 2.24) is 0 Å². The van der Waals surface area contributed by atoms with Crippen molar-refractivity contribution in [2.24, 2.45) is 0 Å². The van der Waals surface area contributed by atoms with Crippen LogP contribution in [0.5, 0.6) is 0 Å². The third-order valence-electron chi connectivity index (χ3n) is 2.52. The molecule has 0 bridgehead atoms. The maximum atomic E-state index is 12.4. The monoisotopic (exact) mass is 199 g/mol. The minimum atomic E-state index is -4.21. The summed E-state index contributed by atoms with van der Waals surface area (Å²) in [4.78, 5) is 0. The highest BCUT2D eigenvalue weighted by atomic mass is 19.4. The number of halogens is 3. The molecule has 1 radical (unpaired) electrons. The molecule has 0 fully saturated rings. The van der Waals surface area contributed by atoms with Gasteiger partial charge in [0.15, 0.2) is 0 Å². The summed E-state index contributed by atoms with van der Waals surface area (Å²) >= 11 is 0. The molecule has 2 rings (SSSR count). The highest BCUT2D eigenvalue weighted by molar-refractivity contribution is 5.36. The molecule has 0 aromatic heterocycles. The topological polar surface area (TPSA) is 0 Å². The molecule has 0 heterocycles. The number of benzene rings is 1. The van der Waals surface area contributed by atoms with Gasteiger partial charge >= 0.3 is 6.18 Å². The Hall–Kier alpha value is -0.990. The summed E-state index contributed by atoms with van der Waals surface area (Å²) in [6.07, 6.45) is 0.312. The first-order valence-electron chi connectivity index (χ1n) is 4.58. The van der Waals surface area contributed by atoms with Crippen LogP contribution in [-0.2, 0) is 19.0 Å². The van der Waals surface area contributed by atoms with E-state index in [9.17, 15) is 13.2 Å². The first kappa shape index (κ1) is 9.56. The van der Waals surface area contributed by atoms with Crippen molar-refractivity contribution in [3.63, 3.8) is 0 Å². The summed E-state index contributed by atoms with van der Waals surface area (Å²) in [5, 5.41) is 0. The van der Waals surface area contributed by atoms with Crippen LogP contribution in [0.2, 0.25) is 0 Å². The molecule has 1 aromatic rings. The molecule has 0 unspecified atom stereocenters. The maximum Gasteiger partial charge on any atom is 0.416 e. The Balaban J connectivity index is 2.39. The fraction of sp³-hybridized carbons (Fsp3) is 0.364. The summed E-state index contributed by atoms with van der Waals surface area (Å²) in [6.45, 7) is 0. The molecular weight excluding hydrogens is 189 g/mol. The lowest BCUT2D eigenvalue weighted by molar-refractivity contribution is -0.137. The molecule has 0 N–H and O–H groups in total. The maximum absolute atomic E-state index is 12.4.